The van der Waals surface area contributed by atoms with E-state index in [0.29, 0.717) is 19.4 Å². The van der Waals surface area contributed by atoms with Gasteiger partial charge in [0.15, 0.2) is 5.16 Å². The van der Waals surface area contributed by atoms with Crippen LogP contribution >= 0.6 is 11.8 Å². The Kier molecular flexibility index (Phi) is 8.24. The lowest BCUT2D eigenvalue weighted by atomic mass is 10.0. The first-order valence-corrected chi connectivity index (χ1v) is 11.7. The van der Waals surface area contributed by atoms with E-state index in [2.05, 4.69) is 51.4 Å². The van der Waals surface area contributed by atoms with Gasteiger partial charge in [-0.3, -0.25) is 9.69 Å². The van der Waals surface area contributed by atoms with Crippen molar-refractivity contribution in [3.8, 4) is 0 Å². The average Bonchev–Trinajstić information content (AvgIpc) is 2.74. The number of benzene rings is 1. The number of aryl methyl sites for hydroxylation is 3. The molecule has 0 spiro atoms. The summed E-state index contributed by atoms with van der Waals surface area (Å²) in [7, 11) is 0. The Morgan fingerprint density at radius 2 is 1.90 bits per heavy atom. The first-order chi connectivity index (χ1) is 14.5. The molecule has 1 amide bonds. The number of nitrogens with zero attached hydrogens (tertiary/aromatic N) is 3. The molecule has 0 saturated carbocycles. The summed E-state index contributed by atoms with van der Waals surface area (Å²) in [4.78, 5) is 24.1. The molecule has 3 rings (SSSR count). The first-order valence-electron chi connectivity index (χ1n) is 10.5. The van der Waals surface area contributed by atoms with Crippen molar-refractivity contribution in [2.24, 2.45) is 0 Å². The number of hydrogen-bond donors (Lipinski definition) is 1. The summed E-state index contributed by atoms with van der Waals surface area (Å²) in [5.41, 5.74) is 5.48. The van der Waals surface area contributed by atoms with E-state index in [-0.39, 0.29) is 11.9 Å². The lowest BCUT2D eigenvalue weighted by Crippen LogP contribution is -2.43. The lowest BCUT2D eigenvalue weighted by molar-refractivity contribution is -0.121. The normalized spacial score (nSPS) is 15.7. The molecule has 2 aromatic rings. The van der Waals surface area contributed by atoms with E-state index in [0.717, 1.165) is 48.4 Å². The van der Waals surface area contributed by atoms with Crippen molar-refractivity contribution in [3.05, 3.63) is 52.3 Å². The summed E-state index contributed by atoms with van der Waals surface area (Å²) >= 11 is 1.54. The van der Waals surface area contributed by atoms with E-state index in [1.807, 2.05) is 20.1 Å². The topological polar surface area (TPSA) is 67.4 Å². The van der Waals surface area contributed by atoms with Gasteiger partial charge in [0.2, 0.25) is 5.91 Å². The molecule has 1 fully saturated rings. The molecule has 0 bridgehead atoms. The molecule has 1 N–H and O–H groups in total. The van der Waals surface area contributed by atoms with Crippen LogP contribution in [-0.4, -0.2) is 59.9 Å². The van der Waals surface area contributed by atoms with Crippen LogP contribution in [0.4, 0.5) is 0 Å². The zero-order valence-corrected chi connectivity index (χ0v) is 19.2. The number of amides is 1. The van der Waals surface area contributed by atoms with Crippen molar-refractivity contribution in [2.75, 3.05) is 39.1 Å². The van der Waals surface area contributed by atoms with Crippen molar-refractivity contribution in [1.82, 2.24) is 20.2 Å². The molecular formula is C23H32N4O2S. The third kappa shape index (κ3) is 6.03. The van der Waals surface area contributed by atoms with Gasteiger partial charge in [0.05, 0.1) is 19.3 Å². The lowest BCUT2D eigenvalue weighted by Gasteiger charge is -2.35. The average molecular weight is 429 g/mol. The van der Waals surface area contributed by atoms with E-state index in [1.54, 1.807) is 0 Å². The number of aromatic nitrogens is 2. The van der Waals surface area contributed by atoms with Crippen molar-refractivity contribution >= 4 is 17.7 Å². The van der Waals surface area contributed by atoms with Gasteiger partial charge in [0.1, 0.15) is 0 Å². The molecule has 30 heavy (non-hydrogen) atoms. The molecule has 2 heterocycles. The van der Waals surface area contributed by atoms with Gasteiger partial charge in [0.25, 0.3) is 0 Å². The van der Waals surface area contributed by atoms with Crippen LogP contribution in [0.1, 0.15) is 40.5 Å². The highest BCUT2D eigenvalue weighted by atomic mass is 32.2. The predicted molar refractivity (Wildman–Crippen MR) is 121 cm³/mol. The van der Waals surface area contributed by atoms with Crippen molar-refractivity contribution in [2.45, 2.75) is 44.8 Å². The van der Waals surface area contributed by atoms with Crippen molar-refractivity contribution in [1.29, 1.82) is 0 Å². The minimum atomic E-state index is 0.0636. The second-order valence-electron chi connectivity index (χ2n) is 7.74. The first kappa shape index (κ1) is 22.7. The third-order valence-electron chi connectivity index (χ3n) is 5.59. The highest BCUT2D eigenvalue weighted by molar-refractivity contribution is 7.98. The Labute approximate surface area is 183 Å². The Morgan fingerprint density at radius 3 is 2.53 bits per heavy atom. The monoisotopic (exact) mass is 428 g/mol. The number of carbonyl (C=O) groups is 1. The van der Waals surface area contributed by atoms with Gasteiger partial charge in [-0.15, -0.1) is 0 Å². The maximum Gasteiger partial charge on any atom is 0.220 e. The summed E-state index contributed by atoms with van der Waals surface area (Å²) in [5, 5.41) is 3.95. The fraction of sp³-hybridized carbons (Fsp3) is 0.522. The molecule has 1 aromatic heterocycles. The number of carbonyl (C=O) groups excluding carboxylic acids is 1. The van der Waals surface area contributed by atoms with Crippen LogP contribution in [-0.2, 0) is 16.0 Å². The fourth-order valence-corrected chi connectivity index (χ4v) is 4.38. The number of rotatable bonds is 8. The highest BCUT2D eigenvalue weighted by Gasteiger charge is 2.23. The van der Waals surface area contributed by atoms with Gasteiger partial charge in [-0.1, -0.05) is 41.6 Å². The molecule has 0 aliphatic carbocycles. The molecule has 1 aromatic carbocycles. The largest absolute Gasteiger partial charge is 0.379 e. The van der Waals surface area contributed by atoms with Gasteiger partial charge in [0, 0.05) is 37.4 Å². The molecular weight excluding hydrogens is 396 g/mol. The maximum absolute atomic E-state index is 12.6. The number of ether oxygens (including phenoxy) is 1. The van der Waals surface area contributed by atoms with E-state index in [9.17, 15) is 4.79 Å². The Bertz CT molecular complexity index is 845. The number of morpholine rings is 1. The molecule has 6 nitrogen and oxygen atoms in total. The van der Waals surface area contributed by atoms with Crippen LogP contribution in [0.2, 0.25) is 0 Å². The SMILES string of the molecule is CSc1nc(C)c(CCC(=O)NCC(c2cccc(C)c2)N2CCOCC2)c(C)n1. The van der Waals surface area contributed by atoms with Crippen molar-refractivity contribution < 1.29 is 9.53 Å². The minimum absolute atomic E-state index is 0.0636. The summed E-state index contributed by atoms with van der Waals surface area (Å²) < 4.78 is 5.52. The molecule has 1 atom stereocenters. The van der Waals surface area contributed by atoms with E-state index < -0.39 is 0 Å². The third-order valence-corrected chi connectivity index (χ3v) is 6.14. The quantitative estimate of drug-likeness (QED) is 0.514. The summed E-state index contributed by atoms with van der Waals surface area (Å²) in [5.74, 6) is 0.0636. The zero-order valence-electron chi connectivity index (χ0n) is 18.4. The summed E-state index contributed by atoms with van der Waals surface area (Å²) in [6.07, 6.45) is 3.07. The van der Waals surface area contributed by atoms with E-state index in [4.69, 9.17) is 4.74 Å². The van der Waals surface area contributed by atoms with Gasteiger partial charge in [-0.05, 0) is 44.6 Å². The number of hydrogen-bond acceptors (Lipinski definition) is 6. The van der Waals surface area contributed by atoms with Crippen molar-refractivity contribution in [3.63, 3.8) is 0 Å². The number of thioether (sulfide) groups is 1. The molecule has 0 radical (unpaired) electrons. The van der Waals surface area contributed by atoms with Crippen LogP contribution in [0.15, 0.2) is 29.4 Å². The van der Waals surface area contributed by atoms with Crippen LogP contribution in [0.25, 0.3) is 0 Å². The maximum atomic E-state index is 12.6. The smallest absolute Gasteiger partial charge is 0.220 e. The summed E-state index contributed by atoms with van der Waals surface area (Å²) in [6.45, 7) is 9.93. The molecule has 1 aliphatic rings. The Hall–Kier alpha value is -1.96. The van der Waals surface area contributed by atoms with Gasteiger partial charge in [-0.25, -0.2) is 9.97 Å². The molecule has 1 saturated heterocycles. The van der Waals surface area contributed by atoms with E-state index in [1.165, 1.54) is 22.9 Å². The van der Waals surface area contributed by atoms with E-state index >= 15 is 0 Å². The molecule has 1 aliphatic heterocycles. The second kappa shape index (κ2) is 10.9. The predicted octanol–water partition coefficient (Wildman–Crippen LogP) is 3.25. The molecule has 7 heteroatoms. The zero-order chi connectivity index (χ0) is 21.5. The van der Waals surface area contributed by atoms with Gasteiger partial charge >= 0.3 is 0 Å². The Balaban J connectivity index is 1.62. The van der Waals surface area contributed by atoms with Gasteiger partial charge < -0.3 is 10.1 Å². The second-order valence-corrected chi connectivity index (χ2v) is 8.52. The van der Waals surface area contributed by atoms with Crippen LogP contribution < -0.4 is 5.32 Å². The Morgan fingerprint density at radius 1 is 1.20 bits per heavy atom. The van der Waals surface area contributed by atoms with Crippen LogP contribution in [0.3, 0.4) is 0 Å². The molecule has 162 valence electrons. The van der Waals surface area contributed by atoms with Crippen LogP contribution in [0, 0.1) is 20.8 Å². The summed E-state index contributed by atoms with van der Waals surface area (Å²) in [6, 6.07) is 8.71. The number of nitrogens with one attached hydrogen (secondary N) is 1. The van der Waals surface area contributed by atoms with Gasteiger partial charge in [-0.2, -0.15) is 0 Å². The fourth-order valence-electron chi connectivity index (χ4n) is 3.92. The minimum Gasteiger partial charge on any atom is -0.379 e. The highest BCUT2D eigenvalue weighted by Crippen LogP contribution is 2.22. The molecule has 1 unspecified atom stereocenters. The standard InChI is InChI=1S/C23H32N4O2S/c1-16-6-5-7-19(14-16)21(27-10-12-29-13-11-27)15-24-22(28)9-8-20-17(2)25-23(30-4)26-18(20)3/h5-7,14,21H,8-13,15H2,1-4H3,(H,24,28). The van der Waals surface area contributed by atoms with Crippen LogP contribution in [0.5, 0.6) is 0 Å².